The SMILES string of the molecule is CNc1cc(N2CCC(F)CC2)c(C(=O)Nc2ccc(OC(F)(F)F)cc2)cc1N. The second kappa shape index (κ2) is 8.68. The molecule has 1 fully saturated rings. The Morgan fingerprint density at radius 3 is 2.37 bits per heavy atom. The van der Waals surface area contributed by atoms with Crippen molar-refractivity contribution >= 4 is 28.7 Å². The van der Waals surface area contributed by atoms with Gasteiger partial charge < -0.3 is 26.0 Å². The van der Waals surface area contributed by atoms with Crippen LogP contribution in [0.2, 0.25) is 0 Å². The molecule has 0 saturated carbocycles. The normalized spacial score (nSPS) is 15.0. The van der Waals surface area contributed by atoms with E-state index in [0.717, 1.165) is 12.1 Å². The van der Waals surface area contributed by atoms with Crippen LogP contribution in [0.4, 0.5) is 40.3 Å². The van der Waals surface area contributed by atoms with E-state index in [1.165, 1.54) is 18.2 Å². The Labute approximate surface area is 171 Å². The Morgan fingerprint density at radius 1 is 1.17 bits per heavy atom. The molecule has 0 atom stereocenters. The molecule has 4 N–H and O–H groups in total. The van der Waals surface area contributed by atoms with E-state index in [4.69, 9.17) is 5.73 Å². The van der Waals surface area contributed by atoms with Crippen LogP contribution < -0.4 is 26.0 Å². The fraction of sp³-hybridized carbons (Fsp3) is 0.350. The number of anilines is 4. The first kappa shape index (κ1) is 21.5. The summed E-state index contributed by atoms with van der Waals surface area (Å²) in [5.41, 5.74) is 8.21. The summed E-state index contributed by atoms with van der Waals surface area (Å²) in [5.74, 6) is -0.871. The third kappa shape index (κ3) is 5.25. The number of halogens is 4. The van der Waals surface area contributed by atoms with Crippen molar-refractivity contribution < 1.29 is 27.1 Å². The van der Waals surface area contributed by atoms with Gasteiger partial charge in [-0.2, -0.15) is 0 Å². The quantitative estimate of drug-likeness (QED) is 0.488. The number of benzene rings is 2. The Bertz CT molecular complexity index is 895. The van der Waals surface area contributed by atoms with Gasteiger partial charge >= 0.3 is 6.36 Å². The van der Waals surface area contributed by atoms with Crippen LogP contribution in [-0.4, -0.2) is 38.6 Å². The van der Waals surface area contributed by atoms with Gasteiger partial charge in [0.05, 0.1) is 22.6 Å². The van der Waals surface area contributed by atoms with Crippen LogP contribution in [0.3, 0.4) is 0 Å². The summed E-state index contributed by atoms with van der Waals surface area (Å²) in [4.78, 5) is 14.8. The molecule has 0 bridgehead atoms. The van der Waals surface area contributed by atoms with Gasteiger partial charge in [-0.15, -0.1) is 13.2 Å². The number of ether oxygens (including phenoxy) is 1. The van der Waals surface area contributed by atoms with Crippen LogP contribution in [0.15, 0.2) is 36.4 Å². The molecule has 3 rings (SSSR count). The number of nitrogens with zero attached hydrogens (tertiary/aromatic N) is 1. The monoisotopic (exact) mass is 426 g/mol. The standard InChI is InChI=1S/C20H22F4N4O2/c1-26-17-11-18(28-8-6-12(21)7-9-28)15(10-16(17)25)19(29)27-13-2-4-14(5-3-13)30-20(22,23)24/h2-5,10-12,26H,6-9,25H2,1H3,(H,27,29). The number of rotatable bonds is 5. The fourth-order valence-corrected chi connectivity index (χ4v) is 3.29. The third-order valence-corrected chi connectivity index (χ3v) is 4.79. The summed E-state index contributed by atoms with van der Waals surface area (Å²) in [7, 11) is 1.70. The van der Waals surface area contributed by atoms with E-state index in [1.54, 1.807) is 13.1 Å². The molecule has 2 aromatic carbocycles. The predicted molar refractivity (Wildman–Crippen MR) is 108 cm³/mol. The summed E-state index contributed by atoms with van der Waals surface area (Å²) in [6, 6.07) is 8.09. The second-order valence-electron chi connectivity index (χ2n) is 6.89. The van der Waals surface area contributed by atoms with E-state index in [2.05, 4.69) is 15.4 Å². The molecule has 2 aromatic rings. The Balaban J connectivity index is 1.83. The molecule has 1 heterocycles. The minimum absolute atomic E-state index is 0.291. The molecule has 6 nitrogen and oxygen atoms in total. The largest absolute Gasteiger partial charge is 0.573 e. The van der Waals surface area contributed by atoms with Crippen molar-refractivity contribution in [2.45, 2.75) is 25.4 Å². The van der Waals surface area contributed by atoms with Gasteiger partial charge in [0.1, 0.15) is 11.9 Å². The van der Waals surface area contributed by atoms with Gasteiger partial charge in [0, 0.05) is 25.8 Å². The van der Waals surface area contributed by atoms with Crippen LogP contribution in [0.1, 0.15) is 23.2 Å². The van der Waals surface area contributed by atoms with Crippen molar-refractivity contribution in [1.82, 2.24) is 0 Å². The molecular formula is C20H22F4N4O2. The van der Waals surface area contributed by atoms with E-state index in [1.807, 2.05) is 4.90 Å². The van der Waals surface area contributed by atoms with Gasteiger partial charge in [-0.3, -0.25) is 4.79 Å². The minimum atomic E-state index is -4.79. The molecule has 0 spiro atoms. The molecule has 0 unspecified atom stereocenters. The van der Waals surface area contributed by atoms with Gasteiger partial charge in [0.25, 0.3) is 5.91 Å². The van der Waals surface area contributed by atoms with Crippen molar-refractivity contribution in [3.63, 3.8) is 0 Å². The van der Waals surface area contributed by atoms with E-state index >= 15 is 0 Å². The van der Waals surface area contributed by atoms with Gasteiger partial charge in [-0.25, -0.2) is 4.39 Å². The highest BCUT2D eigenvalue weighted by Gasteiger charge is 2.31. The van der Waals surface area contributed by atoms with E-state index < -0.39 is 24.2 Å². The molecule has 1 aliphatic heterocycles. The molecule has 10 heteroatoms. The summed E-state index contributed by atoms with van der Waals surface area (Å²) in [6.07, 6.45) is -4.94. The second-order valence-corrected chi connectivity index (χ2v) is 6.89. The number of amides is 1. The van der Waals surface area contributed by atoms with E-state index in [-0.39, 0.29) is 0 Å². The van der Waals surface area contributed by atoms with Crippen LogP contribution in [-0.2, 0) is 0 Å². The van der Waals surface area contributed by atoms with Gasteiger partial charge in [0.15, 0.2) is 0 Å². The summed E-state index contributed by atoms with van der Waals surface area (Å²) < 4.78 is 54.2. The first-order valence-electron chi connectivity index (χ1n) is 9.33. The number of nitrogens with two attached hydrogens (primary N) is 1. The van der Waals surface area contributed by atoms with E-state index in [0.29, 0.717) is 54.2 Å². The van der Waals surface area contributed by atoms with Crippen molar-refractivity contribution in [2.24, 2.45) is 0 Å². The smallest absolute Gasteiger partial charge is 0.406 e. The average Bonchev–Trinajstić information content (AvgIpc) is 2.69. The van der Waals surface area contributed by atoms with Gasteiger partial charge in [0.2, 0.25) is 0 Å². The maximum Gasteiger partial charge on any atom is 0.573 e. The molecule has 0 aromatic heterocycles. The number of hydrogen-bond donors (Lipinski definition) is 3. The molecule has 0 aliphatic carbocycles. The molecule has 1 saturated heterocycles. The lowest BCUT2D eigenvalue weighted by Crippen LogP contribution is -2.35. The summed E-state index contributed by atoms with van der Waals surface area (Å²) in [6.45, 7) is 0.913. The maximum atomic E-state index is 13.5. The van der Waals surface area contributed by atoms with Crippen molar-refractivity contribution in [3.8, 4) is 5.75 Å². The van der Waals surface area contributed by atoms with E-state index in [9.17, 15) is 22.4 Å². The van der Waals surface area contributed by atoms with Crippen LogP contribution in [0, 0.1) is 0 Å². The summed E-state index contributed by atoms with van der Waals surface area (Å²) >= 11 is 0. The van der Waals surface area contributed by atoms with Gasteiger partial charge in [-0.05, 0) is 49.2 Å². The maximum absolute atomic E-state index is 13.5. The molecule has 162 valence electrons. The molecule has 0 radical (unpaired) electrons. The summed E-state index contributed by atoms with van der Waals surface area (Å²) in [5, 5.41) is 5.61. The van der Waals surface area contributed by atoms with Crippen molar-refractivity contribution in [1.29, 1.82) is 0 Å². The first-order chi connectivity index (χ1) is 14.2. The Hall–Kier alpha value is -3.17. The number of nitrogen functional groups attached to an aromatic ring is 1. The number of nitrogens with one attached hydrogen (secondary N) is 2. The Morgan fingerprint density at radius 2 is 1.80 bits per heavy atom. The number of alkyl halides is 4. The lowest BCUT2D eigenvalue weighted by Gasteiger charge is -2.32. The highest BCUT2D eigenvalue weighted by atomic mass is 19.4. The third-order valence-electron chi connectivity index (χ3n) is 4.79. The number of carbonyl (C=O) groups excluding carboxylic acids is 1. The first-order valence-corrected chi connectivity index (χ1v) is 9.33. The van der Waals surface area contributed by atoms with Crippen LogP contribution >= 0.6 is 0 Å². The Kier molecular flexibility index (Phi) is 6.23. The van der Waals surface area contributed by atoms with Crippen LogP contribution in [0.25, 0.3) is 0 Å². The highest BCUT2D eigenvalue weighted by molar-refractivity contribution is 6.09. The zero-order valence-corrected chi connectivity index (χ0v) is 16.2. The molecule has 1 aliphatic rings. The minimum Gasteiger partial charge on any atom is -0.406 e. The number of hydrogen-bond acceptors (Lipinski definition) is 5. The average molecular weight is 426 g/mol. The number of carbonyl (C=O) groups is 1. The zero-order chi connectivity index (χ0) is 21.9. The number of piperidine rings is 1. The van der Waals surface area contributed by atoms with Crippen molar-refractivity contribution in [3.05, 3.63) is 42.0 Å². The lowest BCUT2D eigenvalue weighted by atomic mass is 10.0. The highest BCUT2D eigenvalue weighted by Crippen LogP contribution is 2.33. The van der Waals surface area contributed by atoms with Crippen LogP contribution in [0.5, 0.6) is 5.75 Å². The lowest BCUT2D eigenvalue weighted by molar-refractivity contribution is -0.274. The van der Waals surface area contributed by atoms with Crippen molar-refractivity contribution in [2.75, 3.05) is 41.4 Å². The molecule has 1 amide bonds. The fourth-order valence-electron chi connectivity index (χ4n) is 3.29. The molecule has 30 heavy (non-hydrogen) atoms. The topological polar surface area (TPSA) is 79.6 Å². The predicted octanol–water partition coefficient (Wildman–Crippen LogP) is 4.40. The zero-order valence-electron chi connectivity index (χ0n) is 16.2. The van der Waals surface area contributed by atoms with Gasteiger partial charge in [-0.1, -0.05) is 0 Å². The molecular weight excluding hydrogens is 404 g/mol.